The minimum Gasteiger partial charge on any atom is -0.466 e. The molecule has 7 nitrogen and oxygen atoms in total. The van der Waals surface area contributed by atoms with Crippen molar-refractivity contribution in [3.8, 4) is 0 Å². The maximum Gasteiger partial charge on any atom is 0.305 e. The highest BCUT2D eigenvalue weighted by atomic mass is 16.6. The average Bonchev–Trinajstić information content (AvgIpc) is 3.14. The molecule has 0 aliphatic heterocycles. The smallest absolute Gasteiger partial charge is 0.305 e. The molecule has 316 valence electrons. The standard InChI is InChI=1S/C46H91NO6/c1-5-8-11-14-17-26-33-41-52-45(49)36-29-22-18-24-31-38-47(40-42-51-43(4)48)39-32-25-19-23-30-37-46(50)53-44(34-27-20-15-12-9-6-2)35-28-21-16-13-10-7-3/h44,46,50H,5-42H2,1-4H3. The van der Waals surface area contributed by atoms with Crippen molar-refractivity contribution >= 4 is 11.9 Å². The van der Waals surface area contributed by atoms with Gasteiger partial charge in [0.2, 0.25) is 0 Å². The lowest BCUT2D eigenvalue weighted by atomic mass is 10.0. The maximum absolute atomic E-state index is 12.0. The summed E-state index contributed by atoms with van der Waals surface area (Å²) < 4.78 is 16.9. The largest absolute Gasteiger partial charge is 0.466 e. The highest BCUT2D eigenvalue weighted by Gasteiger charge is 2.15. The number of carbonyl (C=O) groups is 2. The summed E-state index contributed by atoms with van der Waals surface area (Å²) in [4.78, 5) is 25.8. The van der Waals surface area contributed by atoms with Gasteiger partial charge in [0.15, 0.2) is 6.29 Å². The second-order valence-electron chi connectivity index (χ2n) is 15.9. The van der Waals surface area contributed by atoms with Crippen LogP contribution in [0.25, 0.3) is 0 Å². The normalized spacial score (nSPS) is 12.2. The van der Waals surface area contributed by atoms with Crippen molar-refractivity contribution in [2.24, 2.45) is 0 Å². The topological polar surface area (TPSA) is 85.3 Å². The van der Waals surface area contributed by atoms with Gasteiger partial charge in [-0.2, -0.15) is 0 Å². The molecule has 0 aliphatic carbocycles. The predicted molar refractivity (Wildman–Crippen MR) is 224 cm³/mol. The first kappa shape index (κ1) is 51.8. The zero-order chi connectivity index (χ0) is 38.9. The van der Waals surface area contributed by atoms with Gasteiger partial charge in [0.05, 0.1) is 12.7 Å². The summed E-state index contributed by atoms with van der Waals surface area (Å²) >= 11 is 0. The van der Waals surface area contributed by atoms with E-state index in [1.165, 1.54) is 129 Å². The third-order valence-electron chi connectivity index (χ3n) is 10.6. The molecule has 0 aromatic carbocycles. The Hall–Kier alpha value is -1.18. The van der Waals surface area contributed by atoms with E-state index in [1.54, 1.807) is 0 Å². The molecular weight excluding hydrogens is 663 g/mol. The summed E-state index contributed by atoms with van der Waals surface area (Å²) in [6.45, 7) is 12.1. The number of aliphatic hydroxyl groups is 1. The van der Waals surface area contributed by atoms with Gasteiger partial charge in [-0.3, -0.25) is 14.5 Å². The number of esters is 2. The summed E-state index contributed by atoms with van der Waals surface area (Å²) in [7, 11) is 0. The summed E-state index contributed by atoms with van der Waals surface area (Å²) in [5, 5.41) is 10.7. The molecule has 0 amide bonds. The second-order valence-corrected chi connectivity index (χ2v) is 15.9. The Morgan fingerprint density at radius 3 is 1.38 bits per heavy atom. The number of rotatable bonds is 43. The van der Waals surface area contributed by atoms with Crippen LogP contribution in [0.5, 0.6) is 0 Å². The van der Waals surface area contributed by atoms with Crippen molar-refractivity contribution in [1.29, 1.82) is 0 Å². The molecule has 0 bridgehead atoms. The van der Waals surface area contributed by atoms with Gasteiger partial charge in [-0.05, 0) is 64.5 Å². The van der Waals surface area contributed by atoms with Gasteiger partial charge in [-0.1, -0.05) is 175 Å². The summed E-state index contributed by atoms with van der Waals surface area (Å²) in [6.07, 6.45) is 38.2. The highest BCUT2D eigenvalue weighted by molar-refractivity contribution is 5.69. The molecule has 0 saturated heterocycles. The Labute approximate surface area is 329 Å². The molecule has 0 spiro atoms. The van der Waals surface area contributed by atoms with Crippen molar-refractivity contribution in [2.75, 3.05) is 32.8 Å². The fourth-order valence-corrected chi connectivity index (χ4v) is 7.17. The lowest BCUT2D eigenvalue weighted by Gasteiger charge is -2.22. The molecule has 0 radical (unpaired) electrons. The van der Waals surface area contributed by atoms with E-state index in [9.17, 15) is 14.7 Å². The minimum atomic E-state index is -0.634. The number of ether oxygens (including phenoxy) is 3. The second kappa shape index (κ2) is 42.0. The van der Waals surface area contributed by atoms with E-state index in [1.807, 2.05) is 0 Å². The third kappa shape index (κ3) is 40.3. The average molecular weight is 754 g/mol. The van der Waals surface area contributed by atoms with E-state index in [-0.39, 0.29) is 18.0 Å². The lowest BCUT2D eigenvalue weighted by molar-refractivity contribution is -0.144. The molecule has 0 rings (SSSR count). The van der Waals surface area contributed by atoms with Crippen LogP contribution in [0.3, 0.4) is 0 Å². The number of hydrogen-bond acceptors (Lipinski definition) is 7. The van der Waals surface area contributed by atoms with Crippen LogP contribution in [0, 0.1) is 0 Å². The predicted octanol–water partition coefficient (Wildman–Crippen LogP) is 13.0. The number of nitrogens with zero attached hydrogens (tertiary/aromatic N) is 1. The quantitative estimate of drug-likeness (QED) is 0.0377. The van der Waals surface area contributed by atoms with Gasteiger partial charge in [0, 0.05) is 19.9 Å². The van der Waals surface area contributed by atoms with Gasteiger partial charge < -0.3 is 19.3 Å². The van der Waals surface area contributed by atoms with Crippen LogP contribution in [-0.2, 0) is 23.8 Å². The van der Waals surface area contributed by atoms with Gasteiger partial charge >= 0.3 is 11.9 Å². The van der Waals surface area contributed by atoms with E-state index < -0.39 is 6.29 Å². The molecular formula is C46H91NO6. The van der Waals surface area contributed by atoms with Crippen LogP contribution in [0.15, 0.2) is 0 Å². The molecule has 0 fully saturated rings. The van der Waals surface area contributed by atoms with Crippen molar-refractivity contribution in [3.05, 3.63) is 0 Å². The molecule has 7 heteroatoms. The number of aliphatic hydroxyl groups excluding tert-OH is 1. The molecule has 1 unspecified atom stereocenters. The van der Waals surface area contributed by atoms with Crippen molar-refractivity contribution in [1.82, 2.24) is 4.90 Å². The van der Waals surface area contributed by atoms with Gasteiger partial charge in [0.25, 0.3) is 0 Å². The summed E-state index contributed by atoms with van der Waals surface area (Å²) in [6, 6.07) is 0. The van der Waals surface area contributed by atoms with Crippen LogP contribution in [0.4, 0.5) is 0 Å². The first-order chi connectivity index (χ1) is 25.9. The van der Waals surface area contributed by atoms with Crippen LogP contribution < -0.4 is 0 Å². The lowest BCUT2D eigenvalue weighted by Crippen LogP contribution is -2.30. The molecule has 53 heavy (non-hydrogen) atoms. The van der Waals surface area contributed by atoms with Crippen molar-refractivity contribution < 1.29 is 28.9 Å². The first-order valence-electron chi connectivity index (χ1n) is 23.3. The van der Waals surface area contributed by atoms with E-state index in [0.29, 0.717) is 19.6 Å². The van der Waals surface area contributed by atoms with Crippen LogP contribution >= 0.6 is 0 Å². The molecule has 1 N–H and O–H groups in total. The molecule has 0 heterocycles. The van der Waals surface area contributed by atoms with Crippen LogP contribution in [0.1, 0.15) is 240 Å². The number of hydrogen-bond donors (Lipinski definition) is 1. The van der Waals surface area contributed by atoms with E-state index in [2.05, 4.69) is 25.7 Å². The Morgan fingerprint density at radius 1 is 0.472 bits per heavy atom. The van der Waals surface area contributed by atoms with Gasteiger partial charge in [-0.25, -0.2) is 0 Å². The van der Waals surface area contributed by atoms with Crippen LogP contribution in [-0.4, -0.2) is 67.2 Å². The number of unbranched alkanes of at least 4 members (excludes halogenated alkanes) is 24. The molecule has 0 aromatic heterocycles. The highest BCUT2D eigenvalue weighted by Crippen LogP contribution is 2.20. The van der Waals surface area contributed by atoms with Gasteiger partial charge in [0.1, 0.15) is 6.61 Å². The van der Waals surface area contributed by atoms with Crippen molar-refractivity contribution in [2.45, 2.75) is 252 Å². The Morgan fingerprint density at radius 2 is 0.887 bits per heavy atom. The molecule has 0 aliphatic rings. The minimum absolute atomic E-state index is 0.0385. The number of carbonyl (C=O) groups excluding carboxylic acids is 2. The SMILES string of the molecule is CCCCCCCCCOC(=O)CCCCCCCN(CCCCCCCC(O)OC(CCCCCCCC)CCCCCCCC)CCOC(C)=O. The van der Waals surface area contributed by atoms with E-state index >= 15 is 0 Å². The fraction of sp³-hybridized carbons (Fsp3) is 0.957. The zero-order valence-electron chi connectivity index (χ0n) is 36.0. The monoisotopic (exact) mass is 754 g/mol. The molecule has 0 saturated carbocycles. The third-order valence-corrected chi connectivity index (χ3v) is 10.6. The summed E-state index contributed by atoms with van der Waals surface area (Å²) in [5.74, 6) is -0.253. The molecule has 1 atom stereocenters. The Balaban J connectivity index is 4.17. The van der Waals surface area contributed by atoms with Crippen LogP contribution in [0.2, 0.25) is 0 Å². The first-order valence-corrected chi connectivity index (χ1v) is 23.3. The van der Waals surface area contributed by atoms with E-state index in [0.717, 1.165) is 103 Å². The zero-order valence-corrected chi connectivity index (χ0v) is 36.0. The Kier molecular flexibility index (Phi) is 41.0. The fourth-order valence-electron chi connectivity index (χ4n) is 7.17. The maximum atomic E-state index is 12.0. The van der Waals surface area contributed by atoms with Crippen molar-refractivity contribution in [3.63, 3.8) is 0 Å². The summed E-state index contributed by atoms with van der Waals surface area (Å²) in [5.41, 5.74) is 0. The van der Waals surface area contributed by atoms with E-state index in [4.69, 9.17) is 14.2 Å². The Bertz CT molecular complexity index is 748. The van der Waals surface area contributed by atoms with Gasteiger partial charge in [-0.15, -0.1) is 0 Å². The molecule has 0 aromatic rings.